The van der Waals surface area contributed by atoms with Gasteiger partial charge in [-0.1, -0.05) is 18.2 Å². The van der Waals surface area contributed by atoms with Gasteiger partial charge in [0.15, 0.2) is 0 Å². The average Bonchev–Trinajstić information content (AvgIpc) is 2.98. The third-order valence-corrected chi connectivity index (χ3v) is 7.94. The molecular formula is C24H27FN4O3S. The predicted molar refractivity (Wildman–Crippen MR) is 123 cm³/mol. The molecule has 1 saturated heterocycles. The number of carbonyl (C=O) groups is 1. The Morgan fingerprint density at radius 1 is 0.970 bits per heavy atom. The van der Waals surface area contributed by atoms with Crippen LogP contribution < -0.4 is 0 Å². The Kier molecular flexibility index (Phi) is 6.62. The first kappa shape index (κ1) is 23.1. The van der Waals surface area contributed by atoms with Crippen molar-refractivity contribution in [2.24, 2.45) is 0 Å². The predicted octanol–water partition coefficient (Wildman–Crippen LogP) is 3.09. The molecule has 0 saturated carbocycles. The fraction of sp³-hybridized carbons (Fsp3) is 0.333. The fourth-order valence-electron chi connectivity index (χ4n) is 4.15. The van der Waals surface area contributed by atoms with Crippen LogP contribution in [-0.4, -0.2) is 59.5 Å². The highest BCUT2D eigenvalue weighted by Crippen LogP contribution is 2.21. The molecule has 174 valence electrons. The summed E-state index contributed by atoms with van der Waals surface area (Å²) >= 11 is 0. The van der Waals surface area contributed by atoms with Gasteiger partial charge in [0.2, 0.25) is 15.9 Å². The molecule has 2 aromatic carbocycles. The van der Waals surface area contributed by atoms with Gasteiger partial charge >= 0.3 is 0 Å². The number of nitrogens with zero attached hydrogens (tertiary/aromatic N) is 4. The van der Waals surface area contributed by atoms with E-state index in [4.69, 9.17) is 0 Å². The molecule has 0 aliphatic carbocycles. The van der Waals surface area contributed by atoms with Crippen molar-refractivity contribution in [1.29, 1.82) is 0 Å². The van der Waals surface area contributed by atoms with Crippen molar-refractivity contribution in [3.63, 3.8) is 0 Å². The van der Waals surface area contributed by atoms with Crippen LogP contribution >= 0.6 is 0 Å². The number of carbonyl (C=O) groups excluding carboxylic acids is 1. The molecule has 7 nitrogen and oxygen atoms in total. The SMILES string of the molecule is Cc1nn(-c2ccccc2)c(C)c1CC(=O)N1CCCN(S(=O)(=O)c2ccc(F)cc2)CC1. The number of sulfonamides is 1. The Labute approximate surface area is 193 Å². The van der Waals surface area contributed by atoms with Crippen LogP contribution in [0.5, 0.6) is 0 Å². The minimum absolute atomic E-state index is 0.0464. The highest BCUT2D eigenvalue weighted by atomic mass is 32.2. The molecule has 1 aliphatic rings. The van der Waals surface area contributed by atoms with Crippen LogP contribution in [0.2, 0.25) is 0 Å². The summed E-state index contributed by atoms with van der Waals surface area (Å²) in [6.07, 6.45) is 0.753. The van der Waals surface area contributed by atoms with Crippen molar-refractivity contribution in [1.82, 2.24) is 19.0 Å². The molecule has 0 bridgehead atoms. The van der Waals surface area contributed by atoms with Gasteiger partial charge in [-0.2, -0.15) is 9.40 Å². The van der Waals surface area contributed by atoms with Crippen molar-refractivity contribution < 1.29 is 17.6 Å². The Balaban J connectivity index is 1.46. The number of amides is 1. The number of aromatic nitrogens is 2. The largest absolute Gasteiger partial charge is 0.341 e. The number of hydrogen-bond donors (Lipinski definition) is 0. The average molecular weight is 471 g/mol. The number of halogens is 1. The minimum Gasteiger partial charge on any atom is -0.341 e. The molecule has 0 N–H and O–H groups in total. The lowest BCUT2D eigenvalue weighted by atomic mass is 10.1. The van der Waals surface area contributed by atoms with Crippen LogP contribution in [-0.2, 0) is 21.2 Å². The highest BCUT2D eigenvalue weighted by Gasteiger charge is 2.29. The molecule has 9 heteroatoms. The molecule has 0 spiro atoms. The van der Waals surface area contributed by atoms with Gasteiger partial charge in [-0.15, -0.1) is 0 Å². The smallest absolute Gasteiger partial charge is 0.243 e. The molecule has 2 heterocycles. The van der Waals surface area contributed by atoms with E-state index in [1.165, 1.54) is 16.4 Å². The van der Waals surface area contributed by atoms with Gasteiger partial charge < -0.3 is 4.90 Å². The molecule has 0 atom stereocenters. The third-order valence-electron chi connectivity index (χ3n) is 6.03. The standard InChI is InChI=1S/C24H27FN4O3S/c1-18-23(19(2)29(26-18)21-7-4-3-5-8-21)17-24(30)27-13-6-14-28(16-15-27)33(31,32)22-11-9-20(25)10-12-22/h3-5,7-12H,6,13-17H2,1-2H3. The van der Waals surface area contributed by atoms with Crippen LogP contribution in [0, 0.1) is 19.7 Å². The van der Waals surface area contributed by atoms with E-state index in [-0.39, 0.29) is 23.8 Å². The lowest BCUT2D eigenvalue weighted by Gasteiger charge is -2.22. The maximum atomic E-state index is 13.2. The Morgan fingerprint density at radius 3 is 2.36 bits per heavy atom. The Morgan fingerprint density at radius 2 is 1.67 bits per heavy atom. The van der Waals surface area contributed by atoms with E-state index in [1.54, 1.807) is 4.90 Å². The van der Waals surface area contributed by atoms with Gasteiger partial charge in [0.25, 0.3) is 0 Å². The van der Waals surface area contributed by atoms with Gasteiger partial charge in [0, 0.05) is 37.4 Å². The molecule has 1 amide bonds. The van der Waals surface area contributed by atoms with Crippen LogP contribution in [0.15, 0.2) is 59.5 Å². The van der Waals surface area contributed by atoms with E-state index in [0.717, 1.165) is 34.8 Å². The summed E-state index contributed by atoms with van der Waals surface area (Å²) in [4.78, 5) is 14.9. The van der Waals surface area contributed by atoms with Crippen molar-refractivity contribution in [3.05, 3.63) is 77.4 Å². The van der Waals surface area contributed by atoms with Gasteiger partial charge in [-0.05, 0) is 56.7 Å². The number of hydrogen-bond acceptors (Lipinski definition) is 4. The summed E-state index contributed by atoms with van der Waals surface area (Å²) in [5.74, 6) is -0.530. The van der Waals surface area contributed by atoms with E-state index < -0.39 is 15.8 Å². The maximum absolute atomic E-state index is 13.2. The zero-order valence-electron chi connectivity index (χ0n) is 18.7. The molecule has 1 aromatic heterocycles. The van der Waals surface area contributed by atoms with E-state index in [1.807, 2.05) is 48.9 Å². The van der Waals surface area contributed by atoms with Crippen LogP contribution in [0.25, 0.3) is 5.69 Å². The highest BCUT2D eigenvalue weighted by molar-refractivity contribution is 7.89. The number of benzene rings is 2. The van der Waals surface area contributed by atoms with Crippen molar-refractivity contribution in [2.45, 2.75) is 31.6 Å². The Hall–Kier alpha value is -3.04. The summed E-state index contributed by atoms with van der Waals surface area (Å²) in [5, 5.41) is 4.61. The van der Waals surface area contributed by atoms with Gasteiger partial charge in [0.1, 0.15) is 5.82 Å². The lowest BCUT2D eigenvalue weighted by molar-refractivity contribution is -0.130. The first-order valence-electron chi connectivity index (χ1n) is 10.9. The molecule has 1 fully saturated rings. The zero-order valence-corrected chi connectivity index (χ0v) is 19.6. The molecule has 3 aromatic rings. The zero-order chi connectivity index (χ0) is 23.6. The van der Waals surface area contributed by atoms with Crippen molar-refractivity contribution in [2.75, 3.05) is 26.2 Å². The van der Waals surface area contributed by atoms with Gasteiger partial charge in [-0.3, -0.25) is 4.79 Å². The second-order valence-electron chi connectivity index (χ2n) is 8.17. The number of rotatable bonds is 5. The third kappa shape index (κ3) is 4.84. The van der Waals surface area contributed by atoms with Crippen LogP contribution in [0.4, 0.5) is 4.39 Å². The van der Waals surface area contributed by atoms with Crippen molar-refractivity contribution >= 4 is 15.9 Å². The monoisotopic (exact) mass is 470 g/mol. The van der Waals surface area contributed by atoms with E-state index >= 15 is 0 Å². The van der Waals surface area contributed by atoms with Gasteiger partial charge in [0.05, 0.1) is 22.7 Å². The minimum atomic E-state index is -3.74. The second kappa shape index (κ2) is 9.44. The van der Waals surface area contributed by atoms with E-state index in [0.29, 0.717) is 26.1 Å². The summed E-state index contributed by atoms with van der Waals surface area (Å²) in [6, 6.07) is 14.6. The lowest BCUT2D eigenvalue weighted by Crippen LogP contribution is -2.38. The van der Waals surface area contributed by atoms with E-state index in [2.05, 4.69) is 5.10 Å². The molecule has 1 aliphatic heterocycles. The normalized spacial score (nSPS) is 15.4. The number of para-hydroxylation sites is 1. The summed E-state index contributed by atoms with van der Waals surface area (Å²) in [7, 11) is -3.74. The summed E-state index contributed by atoms with van der Waals surface area (Å²) in [6.45, 7) is 5.16. The molecule has 33 heavy (non-hydrogen) atoms. The topological polar surface area (TPSA) is 75.5 Å². The first-order valence-corrected chi connectivity index (χ1v) is 12.4. The summed E-state index contributed by atoms with van der Waals surface area (Å²) < 4.78 is 42.3. The fourth-order valence-corrected chi connectivity index (χ4v) is 5.62. The number of aryl methyl sites for hydroxylation is 1. The summed E-state index contributed by atoms with van der Waals surface area (Å²) in [5.41, 5.74) is 3.56. The first-order chi connectivity index (χ1) is 15.8. The molecule has 0 unspecified atom stereocenters. The van der Waals surface area contributed by atoms with E-state index in [9.17, 15) is 17.6 Å². The van der Waals surface area contributed by atoms with Crippen molar-refractivity contribution in [3.8, 4) is 5.69 Å². The maximum Gasteiger partial charge on any atom is 0.243 e. The quantitative estimate of drug-likeness (QED) is 0.574. The van der Waals surface area contributed by atoms with Crippen LogP contribution in [0.3, 0.4) is 0 Å². The van der Waals surface area contributed by atoms with Crippen LogP contribution in [0.1, 0.15) is 23.4 Å². The molecule has 4 rings (SSSR count). The molecule has 0 radical (unpaired) electrons. The Bertz CT molecular complexity index is 1240. The molecular weight excluding hydrogens is 443 g/mol. The van der Waals surface area contributed by atoms with Gasteiger partial charge in [-0.25, -0.2) is 17.5 Å². The second-order valence-corrected chi connectivity index (χ2v) is 10.1.